The number of hydrogen-bond donors (Lipinski definition) is 2. The SMILES string of the molecule is Cc1cccc(NC(=O)c2cccnc2C(=O)O)c1. The molecule has 0 radical (unpaired) electrons. The van der Waals surface area contributed by atoms with E-state index >= 15 is 0 Å². The van der Waals surface area contributed by atoms with Crippen LogP contribution in [0.1, 0.15) is 26.4 Å². The molecule has 5 nitrogen and oxygen atoms in total. The van der Waals surface area contributed by atoms with Crippen molar-refractivity contribution in [3.05, 3.63) is 59.4 Å². The molecule has 0 saturated heterocycles. The molecule has 1 amide bonds. The second-order valence-corrected chi connectivity index (χ2v) is 4.03. The number of nitrogens with one attached hydrogen (secondary N) is 1. The zero-order valence-electron chi connectivity index (χ0n) is 10.3. The van der Waals surface area contributed by atoms with Crippen molar-refractivity contribution < 1.29 is 14.7 Å². The van der Waals surface area contributed by atoms with E-state index in [1.165, 1.54) is 18.3 Å². The number of aryl methyl sites for hydroxylation is 1. The van der Waals surface area contributed by atoms with E-state index in [4.69, 9.17) is 5.11 Å². The molecule has 0 atom stereocenters. The molecule has 2 aromatic rings. The molecule has 0 aliphatic heterocycles. The van der Waals surface area contributed by atoms with E-state index in [2.05, 4.69) is 10.3 Å². The van der Waals surface area contributed by atoms with E-state index in [0.29, 0.717) is 5.69 Å². The molecule has 1 aromatic carbocycles. The first-order valence-corrected chi connectivity index (χ1v) is 5.64. The largest absolute Gasteiger partial charge is 0.476 e. The molecule has 1 aromatic heterocycles. The Morgan fingerprint density at radius 1 is 1.21 bits per heavy atom. The molecule has 0 spiro atoms. The zero-order chi connectivity index (χ0) is 13.8. The Balaban J connectivity index is 2.28. The highest BCUT2D eigenvalue weighted by Gasteiger charge is 2.17. The van der Waals surface area contributed by atoms with Gasteiger partial charge in [0, 0.05) is 11.9 Å². The van der Waals surface area contributed by atoms with Crippen molar-refractivity contribution in [2.75, 3.05) is 5.32 Å². The molecule has 0 aliphatic rings. The summed E-state index contributed by atoms with van der Waals surface area (Å²) in [5, 5.41) is 11.6. The third kappa shape index (κ3) is 2.95. The van der Waals surface area contributed by atoms with E-state index in [1.54, 1.807) is 12.1 Å². The topological polar surface area (TPSA) is 79.3 Å². The number of benzene rings is 1. The van der Waals surface area contributed by atoms with E-state index in [9.17, 15) is 9.59 Å². The van der Waals surface area contributed by atoms with Crippen molar-refractivity contribution in [2.45, 2.75) is 6.92 Å². The highest BCUT2D eigenvalue weighted by atomic mass is 16.4. The highest BCUT2D eigenvalue weighted by Crippen LogP contribution is 2.13. The predicted octanol–water partition coefficient (Wildman–Crippen LogP) is 2.34. The summed E-state index contributed by atoms with van der Waals surface area (Å²) < 4.78 is 0. The average Bonchev–Trinajstić information content (AvgIpc) is 2.38. The lowest BCUT2D eigenvalue weighted by atomic mass is 10.1. The number of aromatic carboxylic acids is 1. The van der Waals surface area contributed by atoms with Crippen LogP contribution < -0.4 is 5.32 Å². The fourth-order valence-corrected chi connectivity index (χ4v) is 1.68. The van der Waals surface area contributed by atoms with Crippen molar-refractivity contribution >= 4 is 17.6 Å². The summed E-state index contributed by atoms with van der Waals surface area (Å²) in [6.45, 7) is 1.91. The summed E-state index contributed by atoms with van der Waals surface area (Å²) >= 11 is 0. The minimum Gasteiger partial charge on any atom is -0.476 e. The number of aromatic nitrogens is 1. The number of amides is 1. The summed E-state index contributed by atoms with van der Waals surface area (Å²) in [4.78, 5) is 26.7. The van der Waals surface area contributed by atoms with Crippen LogP contribution in [0.4, 0.5) is 5.69 Å². The van der Waals surface area contributed by atoms with Crippen LogP contribution in [0.25, 0.3) is 0 Å². The third-order valence-corrected chi connectivity index (χ3v) is 2.53. The first kappa shape index (κ1) is 12.8. The second-order valence-electron chi connectivity index (χ2n) is 4.03. The Morgan fingerprint density at radius 3 is 2.68 bits per heavy atom. The summed E-state index contributed by atoms with van der Waals surface area (Å²) in [6, 6.07) is 10.2. The molecular weight excluding hydrogens is 244 g/mol. The molecule has 0 unspecified atom stereocenters. The number of nitrogens with zero attached hydrogens (tertiary/aromatic N) is 1. The first-order valence-electron chi connectivity index (χ1n) is 5.64. The van der Waals surface area contributed by atoms with Gasteiger partial charge in [-0.2, -0.15) is 0 Å². The van der Waals surface area contributed by atoms with Crippen LogP contribution in [-0.4, -0.2) is 22.0 Å². The molecule has 2 N–H and O–H groups in total. The minimum atomic E-state index is -1.23. The summed E-state index contributed by atoms with van der Waals surface area (Å²) in [5.41, 5.74) is 1.40. The molecule has 96 valence electrons. The highest BCUT2D eigenvalue weighted by molar-refractivity contribution is 6.09. The van der Waals surface area contributed by atoms with Crippen LogP contribution in [0.2, 0.25) is 0 Å². The van der Waals surface area contributed by atoms with Gasteiger partial charge in [0.05, 0.1) is 5.56 Å². The number of pyridine rings is 1. The number of hydrogen-bond acceptors (Lipinski definition) is 3. The Bertz CT molecular complexity index is 638. The van der Waals surface area contributed by atoms with Crippen LogP contribution in [0, 0.1) is 6.92 Å². The van der Waals surface area contributed by atoms with Crippen molar-refractivity contribution in [3.63, 3.8) is 0 Å². The van der Waals surface area contributed by atoms with Crippen molar-refractivity contribution in [1.82, 2.24) is 4.98 Å². The standard InChI is InChI=1S/C14H12N2O3/c1-9-4-2-5-10(8-9)16-13(17)11-6-3-7-15-12(11)14(18)19/h2-8H,1H3,(H,16,17)(H,18,19). The molecule has 2 rings (SSSR count). The van der Waals surface area contributed by atoms with Crippen molar-refractivity contribution in [2.24, 2.45) is 0 Å². The van der Waals surface area contributed by atoms with Gasteiger partial charge in [0.15, 0.2) is 5.69 Å². The minimum absolute atomic E-state index is 0.0384. The lowest BCUT2D eigenvalue weighted by molar-refractivity contribution is 0.0686. The van der Waals surface area contributed by atoms with E-state index in [1.807, 2.05) is 19.1 Å². The molecule has 0 bridgehead atoms. The van der Waals surface area contributed by atoms with Gasteiger partial charge in [0.2, 0.25) is 0 Å². The zero-order valence-corrected chi connectivity index (χ0v) is 10.3. The molecule has 0 fully saturated rings. The Kier molecular flexibility index (Phi) is 3.56. The molecule has 19 heavy (non-hydrogen) atoms. The number of carboxylic acid groups (broad SMARTS) is 1. The van der Waals surface area contributed by atoms with Gasteiger partial charge in [-0.3, -0.25) is 4.79 Å². The fraction of sp³-hybridized carbons (Fsp3) is 0.0714. The van der Waals surface area contributed by atoms with E-state index < -0.39 is 11.9 Å². The maximum atomic E-state index is 12.0. The quantitative estimate of drug-likeness (QED) is 0.883. The maximum absolute atomic E-state index is 12.0. The lowest BCUT2D eigenvalue weighted by Gasteiger charge is -2.07. The van der Waals surface area contributed by atoms with E-state index in [0.717, 1.165) is 5.56 Å². The predicted molar refractivity (Wildman–Crippen MR) is 70.3 cm³/mol. The molecule has 5 heteroatoms. The number of carboxylic acids is 1. The van der Waals surface area contributed by atoms with Crippen LogP contribution in [0.3, 0.4) is 0 Å². The Morgan fingerprint density at radius 2 is 2.00 bits per heavy atom. The van der Waals surface area contributed by atoms with Crippen LogP contribution in [0.15, 0.2) is 42.6 Å². The van der Waals surface area contributed by atoms with Gasteiger partial charge in [0.25, 0.3) is 5.91 Å². The first-order chi connectivity index (χ1) is 9.08. The third-order valence-electron chi connectivity index (χ3n) is 2.53. The average molecular weight is 256 g/mol. The van der Waals surface area contributed by atoms with Crippen molar-refractivity contribution in [3.8, 4) is 0 Å². The monoisotopic (exact) mass is 256 g/mol. The molecule has 0 saturated carbocycles. The lowest BCUT2D eigenvalue weighted by Crippen LogP contribution is -2.17. The summed E-state index contributed by atoms with van der Waals surface area (Å²) in [7, 11) is 0. The second kappa shape index (κ2) is 5.30. The van der Waals surface area contributed by atoms with Crippen LogP contribution in [0.5, 0.6) is 0 Å². The van der Waals surface area contributed by atoms with Gasteiger partial charge in [-0.25, -0.2) is 9.78 Å². The van der Waals surface area contributed by atoms with Gasteiger partial charge in [0.1, 0.15) is 0 Å². The fourth-order valence-electron chi connectivity index (χ4n) is 1.68. The maximum Gasteiger partial charge on any atom is 0.355 e. The molecule has 1 heterocycles. The smallest absolute Gasteiger partial charge is 0.355 e. The van der Waals surface area contributed by atoms with Crippen LogP contribution in [-0.2, 0) is 0 Å². The molecular formula is C14H12N2O3. The Hall–Kier alpha value is -2.69. The van der Waals surface area contributed by atoms with Gasteiger partial charge in [-0.15, -0.1) is 0 Å². The summed E-state index contributed by atoms with van der Waals surface area (Å²) in [5.74, 6) is -1.72. The Labute approximate surface area is 109 Å². The number of anilines is 1. The normalized spacial score (nSPS) is 9.95. The number of carbonyl (C=O) groups excluding carboxylic acids is 1. The van der Waals surface area contributed by atoms with Gasteiger partial charge in [-0.05, 0) is 36.8 Å². The van der Waals surface area contributed by atoms with Crippen LogP contribution >= 0.6 is 0 Å². The van der Waals surface area contributed by atoms with E-state index in [-0.39, 0.29) is 11.3 Å². The number of carbonyl (C=O) groups is 2. The molecule has 0 aliphatic carbocycles. The number of rotatable bonds is 3. The van der Waals surface area contributed by atoms with Crippen molar-refractivity contribution in [1.29, 1.82) is 0 Å². The van der Waals surface area contributed by atoms with Gasteiger partial charge < -0.3 is 10.4 Å². The van der Waals surface area contributed by atoms with Gasteiger partial charge >= 0.3 is 5.97 Å². The van der Waals surface area contributed by atoms with Gasteiger partial charge in [-0.1, -0.05) is 12.1 Å². The summed E-state index contributed by atoms with van der Waals surface area (Å²) in [6.07, 6.45) is 1.34.